The predicted octanol–water partition coefficient (Wildman–Crippen LogP) is 6.76. The number of rotatable bonds is 4. The molecule has 0 aromatic carbocycles. The Labute approximate surface area is 160 Å². The average Bonchev–Trinajstić information content (AvgIpc) is 2.94. The third kappa shape index (κ3) is 2.87. The van der Waals surface area contributed by atoms with E-state index in [1.54, 1.807) is 5.57 Å². The highest BCUT2D eigenvalue weighted by molar-refractivity contribution is 5.85. The second-order valence-electron chi connectivity index (χ2n) is 10.3. The van der Waals surface area contributed by atoms with Gasteiger partial charge in [0, 0.05) is 0 Å². The van der Waals surface area contributed by atoms with Gasteiger partial charge in [-0.1, -0.05) is 44.5 Å². The van der Waals surface area contributed by atoms with Crippen molar-refractivity contribution in [2.75, 3.05) is 6.61 Å². The molecule has 146 valence electrons. The Balaban J connectivity index is 1.46. The Morgan fingerprint density at radius 3 is 2.73 bits per heavy atom. The molecule has 4 aliphatic rings. The number of oxime groups is 1. The minimum absolute atomic E-state index is 0.457. The van der Waals surface area contributed by atoms with Gasteiger partial charge in [0.2, 0.25) is 0 Å². The lowest BCUT2D eigenvalue weighted by Gasteiger charge is -2.60. The Hall–Kier alpha value is -0.790. The fraction of sp³-hybridized carbons (Fsp3) is 0.875. The summed E-state index contributed by atoms with van der Waals surface area (Å²) in [5.74, 6) is 3.64. The first-order chi connectivity index (χ1) is 12.5. The van der Waals surface area contributed by atoms with Crippen LogP contribution in [0.3, 0.4) is 0 Å². The molecule has 0 bridgehead atoms. The predicted molar refractivity (Wildman–Crippen MR) is 109 cm³/mol. The summed E-state index contributed by atoms with van der Waals surface area (Å²) in [6.45, 7) is 12.6. The van der Waals surface area contributed by atoms with Crippen LogP contribution in [0.2, 0.25) is 0 Å². The summed E-state index contributed by atoms with van der Waals surface area (Å²) in [6, 6.07) is 0. The fourth-order valence-electron chi connectivity index (χ4n) is 7.40. The zero-order chi connectivity index (χ0) is 18.4. The van der Waals surface area contributed by atoms with Gasteiger partial charge in [0.25, 0.3) is 0 Å². The summed E-state index contributed by atoms with van der Waals surface area (Å²) in [7, 11) is 0. The van der Waals surface area contributed by atoms with Crippen molar-refractivity contribution in [1.29, 1.82) is 0 Å². The van der Waals surface area contributed by atoms with Gasteiger partial charge in [0.1, 0.15) is 6.61 Å². The van der Waals surface area contributed by atoms with Crippen molar-refractivity contribution >= 4 is 5.71 Å². The summed E-state index contributed by atoms with van der Waals surface area (Å²) in [5.41, 5.74) is 3.91. The summed E-state index contributed by atoms with van der Waals surface area (Å²) in [4.78, 5) is 5.59. The van der Waals surface area contributed by atoms with Crippen molar-refractivity contribution in [2.24, 2.45) is 39.7 Å². The van der Waals surface area contributed by atoms with Gasteiger partial charge in [-0.15, -0.1) is 0 Å². The number of hydrogen-bond donors (Lipinski definition) is 0. The lowest BCUT2D eigenvalue weighted by atomic mass is 9.45. The van der Waals surface area contributed by atoms with E-state index in [9.17, 15) is 0 Å². The van der Waals surface area contributed by atoms with Crippen LogP contribution in [0, 0.1) is 34.5 Å². The van der Waals surface area contributed by atoms with E-state index in [0.717, 1.165) is 43.1 Å². The molecule has 0 aromatic heterocycles. The van der Waals surface area contributed by atoms with Gasteiger partial charge in [-0.25, -0.2) is 0 Å². The molecule has 2 nitrogen and oxygen atoms in total. The van der Waals surface area contributed by atoms with E-state index in [-0.39, 0.29) is 0 Å². The van der Waals surface area contributed by atoms with Gasteiger partial charge in [-0.3, -0.25) is 0 Å². The summed E-state index contributed by atoms with van der Waals surface area (Å²) < 4.78 is 0. The van der Waals surface area contributed by atoms with Crippen LogP contribution < -0.4 is 0 Å². The third-order valence-corrected chi connectivity index (χ3v) is 9.24. The second-order valence-corrected chi connectivity index (χ2v) is 10.3. The number of allylic oxidation sites excluding steroid dienone is 1. The van der Waals surface area contributed by atoms with Crippen LogP contribution in [0.4, 0.5) is 0 Å². The largest absolute Gasteiger partial charge is 0.396 e. The molecule has 0 radical (unpaired) electrons. The van der Waals surface area contributed by atoms with Crippen LogP contribution in [0.5, 0.6) is 0 Å². The van der Waals surface area contributed by atoms with E-state index in [1.165, 1.54) is 63.5 Å². The number of hydrogen-bond acceptors (Lipinski definition) is 2. The van der Waals surface area contributed by atoms with Gasteiger partial charge >= 0.3 is 0 Å². The molecule has 0 spiro atoms. The Morgan fingerprint density at radius 1 is 1.08 bits per heavy atom. The third-order valence-electron chi connectivity index (χ3n) is 9.24. The van der Waals surface area contributed by atoms with Crippen molar-refractivity contribution in [2.45, 2.75) is 91.4 Å². The number of nitrogens with zero attached hydrogens (tertiary/aromatic N) is 1. The molecule has 26 heavy (non-hydrogen) atoms. The molecule has 4 saturated carbocycles. The fourth-order valence-corrected chi connectivity index (χ4v) is 7.40. The monoisotopic (exact) mass is 357 g/mol. The highest BCUT2D eigenvalue weighted by Gasteiger charge is 2.58. The highest BCUT2D eigenvalue weighted by atomic mass is 16.6. The summed E-state index contributed by atoms with van der Waals surface area (Å²) in [5, 5.41) is 4.53. The SMILES string of the molecule is C=C1CCC2C3CCC4CC(=NOCCCC)CC[C@]4(C)C3CC[C@]12C. The van der Waals surface area contributed by atoms with E-state index < -0.39 is 0 Å². The van der Waals surface area contributed by atoms with Gasteiger partial charge in [0.05, 0.1) is 5.71 Å². The quantitative estimate of drug-likeness (QED) is 0.309. The maximum atomic E-state index is 5.59. The lowest BCUT2D eigenvalue weighted by Crippen LogP contribution is -2.52. The van der Waals surface area contributed by atoms with Crippen molar-refractivity contribution in [3.8, 4) is 0 Å². The van der Waals surface area contributed by atoms with Crippen LogP contribution in [0.15, 0.2) is 17.3 Å². The smallest absolute Gasteiger partial charge is 0.117 e. The molecular weight excluding hydrogens is 318 g/mol. The molecular formula is C24H39NO. The van der Waals surface area contributed by atoms with Gasteiger partial charge in [0.15, 0.2) is 0 Å². The van der Waals surface area contributed by atoms with Crippen molar-refractivity contribution < 1.29 is 4.84 Å². The van der Waals surface area contributed by atoms with Crippen molar-refractivity contribution in [3.63, 3.8) is 0 Å². The Bertz CT molecular complexity index is 581. The maximum absolute atomic E-state index is 5.59. The van der Waals surface area contributed by atoms with Gasteiger partial charge in [-0.2, -0.15) is 0 Å². The maximum Gasteiger partial charge on any atom is 0.117 e. The van der Waals surface area contributed by atoms with Crippen LogP contribution >= 0.6 is 0 Å². The molecule has 0 aromatic rings. The van der Waals surface area contributed by atoms with Gasteiger partial charge in [-0.05, 0) is 98.7 Å². The molecule has 4 unspecified atom stereocenters. The first-order valence-corrected chi connectivity index (χ1v) is 11.3. The van der Waals surface area contributed by atoms with E-state index in [4.69, 9.17) is 4.84 Å². The minimum Gasteiger partial charge on any atom is -0.396 e. The standard InChI is InChI=1S/C24H39NO/c1-5-6-15-26-25-19-11-13-24(4)18(16-19)8-9-20-21-10-7-17(2)23(21,3)14-12-22(20)24/h18,20-22H,2,5-16H2,1,3-4H3/t18?,20?,21?,22?,23-,24+/m1/s1. The zero-order valence-electron chi connectivity index (χ0n) is 17.4. The average molecular weight is 358 g/mol. The van der Waals surface area contributed by atoms with Crippen molar-refractivity contribution in [3.05, 3.63) is 12.2 Å². The Morgan fingerprint density at radius 2 is 1.92 bits per heavy atom. The molecule has 0 aliphatic heterocycles. The van der Waals surface area contributed by atoms with E-state index >= 15 is 0 Å². The lowest BCUT2D eigenvalue weighted by molar-refractivity contribution is -0.0859. The van der Waals surface area contributed by atoms with Crippen molar-refractivity contribution in [1.82, 2.24) is 0 Å². The minimum atomic E-state index is 0.457. The topological polar surface area (TPSA) is 21.6 Å². The second kappa shape index (κ2) is 6.99. The van der Waals surface area contributed by atoms with Crippen LogP contribution in [-0.4, -0.2) is 12.3 Å². The van der Waals surface area contributed by atoms with Gasteiger partial charge < -0.3 is 4.84 Å². The van der Waals surface area contributed by atoms with Crippen LogP contribution in [0.1, 0.15) is 91.4 Å². The van der Waals surface area contributed by atoms with E-state index in [1.807, 2.05) is 0 Å². The molecule has 4 fully saturated rings. The van der Waals surface area contributed by atoms with E-state index in [0.29, 0.717) is 10.8 Å². The first kappa shape index (κ1) is 18.6. The molecule has 0 heterocycles. The zero-order valence-corrected chi connectivity index (χ0v) is 17.4. The Kier molecular flexibility index (Phi) is 4.99. The summed E-state index contributed by atoms with van der Waals surface area (Å²) in [6.07, 6.45) is 14.4. The molecule has 0 amide bonds. The molecule has 2 heteroatoms. The highest BCUT2D eigenvalue weighted by Crippen LogP contribution is 2.66. The normalized spacial score (nSPS) is 46.6. The summed E-state index contributed by atoms with van der Waals surface area (Å²) >= 11 is 0. The molecule has 0 N–H and O–H groups in total. The first-order valence-electron chi connectivity index (χ1n) is 11.3. The van der Waals surface area contributed by atoms with Crippen LogP contribution in [0.25, 0.3) is 0 Å². The molecule has 4 aliphatic carbocycles. The molecule has 4 rings (SSSR count). The number of unbranched alkanes of at least 4 members (excludes halogenated alkanes) is 1. The van der Waals surface area contributed by atoms with Crippen LogP contribution in [-0.2, 0) is 4.84 Å². The molecule has 6 atom stereocenters. The number of fused-ring (bicyclic) bond motifs is 5. The molecule has 0 saturated heterocycles. The van der Waals surface area contributed by atoms with E-state index in [2.05, 4.69) is 32.5 Å².